The standard InChI is InChI=1S/C20H16ClIN2O2S/c1-14-2-12-19(13-3-14)27(25,26)24-20(15-4-6-16(21)7-5-15)23-18-10-8-17(22)9-11-18/h2-13H,1H3,(H,23,24). The molecule has 0 aliphatic carbocycles. The molecule has 0 unspecified atom stereocenters. The molecular formula is C20H16ClIN2O2S. The Bertz CT molecular complexity index is 1060. The number of sulfonamides is 1. The van der Waals surface area contributed by atoms with Gasteiger partial charge in [-0.2, -0.15) is 8.42 Å². The molecule has 0 fully saturated rings. The Kier molecular flexibility index (Phi) is 6.18. The molecule has 0 saturated carbocycles. The highest BCUT2D eigenvalue weighted by molar-refractivity contribution is 14.1. The van der Waals surface area contributed by atoms with E-state index in [1.54, 1.807) is 48.5 Å². The monoisotopic (exact) mass is 510 g/mol. The van der Waals surface area contributed by atoms with Gasteiger partial charge in [0.1, 0.15) is 0 Å². The van der Waals surface area contributed by atoms with E-state index in [2.05, 4.69) is 32.3 Å². The van der Waals surface area contributed by atoms with Crippen molar-refractivity contribution >= 4 is 55.7 Å². The minimum absolute atomic E-state index is 0.143. The summed E-state index contributed by atoms with van der Waals surface area (Å²) in [6, 6.07) is 21.0. The fourth-order valence-corrected chi connectivity index (χ4v) is 3.77. The van der Waals surface area contributed by atoms with E-state index < -0.39 is 10.0 Å². The summed E-state index contributed by atoms with van der Waals surface area (Å²) in [5.41, 5.74) is 2.34. The first-order chi connectivity index (χ1) is 12.8. The molecule has 0 atom stereocenters. The molecule has 3 aromatic carbocycles. The maximum Gasteiger partial charge on any atom is 0.284 e. The lowest BCUT2D eigenvalue weighted by atomic mass is 10.2. The predicted octanol–water partition coefficient (Wildman–Crippen LogP) is 5.50. The van der Waals surface area contributed by atoms with E-state index in [-0.39, 0.29) is 10.7 Å². The second kappa shape index (κ2) is 8.41. The summed E-state index contributed by atoms with van der Waals surface area (Å²) >= 11 is 8.17. The van der Waals surface area contributed by atoms with E-state index in [0.29, 0.717) is 10.6 Å². The zero-order valence-electron chi connectivity index (χ0n) is 14.4. The molecule has 138 valence electrons. The molecule has 4 nitrogen and oxygen atoms in total. The van der Waals surface area contributed by atoms with E-state index in [0.717, 1.165) is 14.8 Å². The van der Waals surface area contributed by atoms with Crippen LogP contribution in [0.15, 0.2) is 82.1 Å². The van der Waals surface area contributed by atoms with Crippen LogP contribution in [-0.4, -0.2) is 14.3 Å². The quantitative estimate of drug-likeness (QED) is 0.286. The highest BCUT2D eigenvalue weighted by Crippen LogP contribution is 2.19. The summed E-state index contributed by atoms with van der Waals surface area (Å²) < 4.78 is 30.7. The van der Waals surface area contributed by atoms with Crippen LogP contribution in [0, 0.1) is 10.5 Å². The van der Waals surface area contributed by atoms with Crippen molar-refractivity contribution in [1.82, 2.24) is 0 Å². The van der Waals surface area contributed by atoms with Gasteiger partial charge in [-0.1, -0.05) is 29.3 Å². The smallest absolute Gasteiger partial charge is 0.284 e. The van der Waals surface area contributed by atoms with Gasteiger partial charge in [-0.3, -0.25) is 0 Å². The largest absolute Gasteiger partial charge is 0.339 e. The van der Waals surface area contributed by atoms with Gasteiger partial charge in [0.2, 0.25) is 0 Å². The van der Waals surface area contributed by atoms with Crippen LogP contribution in [0.1, 0.15) is 11.1 Å². The van der Waals surface area contributed by atoms with E-state index in [1.165, 1.54) is 0 Å². The highest BCUT2D eigenvalue weighted by atomic mass is 127. The number of hydrogen-bond acceptors (Lipinski definition) is 2. The Morgan fingerprint density at radius 2 is 1.52 bits per heavy atom. The summed E-state index contributed by atoms with van der Waals surface area (Å²) in [6.45, 7) is 1.90. The van der Waals surface area contributed by atoms with Gasteiger partial charge in [-0.25, -0.2) is 0 Å². The summed E-state index contributed by atoms with van der Waals surface area (Å²) in [6.07, 6.45) is 0. The zero-order valence-corrected chi connectivity index (χ0v) is 18.1. The number of amidine groups is 1. The molecular weight excluding hydrogens is 495 g/mol. The van der Waals surface area contributed by atoms with Gasteiger partial charge in [-0.15, -0.1) is 4.40 Å². The van der Waals surface area contributed by atoms with Gasteiger partial charge in [-0.05, 0) is 90.2 Å². The summed E-state index contributed by atoms with van der Waals surface area (Å²) in [5, 5.41) is 3.67. The van der Waals surface area contributed by atoms with Crippen molar-refractivity contribution < 1.29 is 8.42 Å². The zero-order chi connectivity index (χ0) is 19.4. The summed E-state index contributed by atoms with van der Waals surface area (Å²) in [5.74, 6) is 0.230. The van der Waals surface area contributed by atoms with Gasteiger partial charge >= 0.3 is 0 Å². The molecule has 27 heavy (non-hydrogen) atoms. The molecule has 0 aliphatic rings. The van der Waals surface area contributed by atoms with Crippen LogP contribution in [0.5, 0.6) is 0 Å². The van der Waals surface area contributed by atoms with Crippen LogP contribution in [0.2, 0.25) is 5.02 Å². The molecule has 0 aliphatic heterocycles. The lowest BCUT2D eigenvalue weighted by Gasteiger charge is -2.11. The normalized spacial score (nSPS) is 12.0. The van der Waals surface area contributed by atoms with E-state index in [9.17, 15) is 8.42 Å². The molecule has 0 heterocycles. The average Bonchev–Trinajstić information content (AvgIpc) is 2.64. The highest BCUT2D eigenvalue weighted by Gasteiger charge is 2.16. The topological polar surface area (TPSA) is 58.5 Å². The molecule has 0 radical (unpaired) electrons. The van der Waals surface area contributed by atoms with Crippen molar-refractivity contribution in [3.05, 3.63) is 92.5 Å². The van der Waals surface area contributed by atoms with Gasteiger partial charge < -0.3 is 5.32 Å². The molecule has 3 rings (SSSR count). The number of nitrogens with one attached hydrogen (secondary N) is 1. The molecule has 0 spiro atoms. The lowest BCUT2D eigenvalue weighted by molar-refractivity contribution is 0.598. The first-order valence-corrected chi connectivity index (χ1v) is 10.9. The number of nitrogens with zero attached hydrogens (tertiary/aromatic N) is 1. The first-order valence-electron chi connectivity index (χ1n) is 8.04. The Morgan fingerprint density at radius 3 is 2.11 bits per heavy atom. The molecule has 0 amide bonds. The molecule has 0 saturated heterocycles. The molecule has 0 bridgehead atoms. The van der Waals surface area contributed by atoms with Crippen molar-refractivity contribution in [1.29, 1.82) is 0 Å². The number of anilines is 1. The van der Waals surface area contributed by atoms with Crippen molar-refractivity contribution in [3.8, 4) is 0 Å². The van der Waals surface area contributed by atoms with Crippen molar-refractivity contribution in [2.45, 2.75) is 11.8 Å². The second-order valence-electron chi connectivity index (χ2n) is 5.87. The van der Waals surface area contributed by atoms with Crippen LogP contribution in [0.4, 0.5) is 5.69 Å². The van der Waals surface area contributed by atoms with Crippen molar-refractivity contribution in [2.24, 2.45) is 4.40 Å². The van der Waals surface area contributed by atoms with Gasteiger partial charge in [0.05, 0.1) is 4.90 Å². The number of rotatable bonds is 4. The Morgan fingerprint density at radius 1 is 0.926 bits per heavy atom. The van der Waals surface area contributed by atoms with Crippen LogP contribution < -0.4 is 5.32 Å². The average molecular weight is 511 g/mol. The van der Waals surface area contributed by atoms with Crippen LogP contribution in [-0.2, 0) is 10.0 Å². The Balaban J connectivity index is 2.04. The Hall–Kier alpha value is -1.90. The third-order valence-corrected chi connectivity index (χ3v) is 6.02. The van der Waals surface area contributed by atoms with Crippen LogP contribution in [0.3, 0.4) is 0 Å². The molecule has 3 aromatic rings. The third-order valence-electron chi connectivity index (χ3n) is 3.75. The lowest BCUT2D eigenvalue weighted by Crippen LogP contribution is -2.16. The number of aryl methyl sites for hydroxylation is 1. The van der Waals surface area contributed by atoms with Crippen molar-refractivity contribution in [3.63, 3.8) is 0 Å². The molecule has 0 aromatic heterocycles. The minimum atomic E-state index is -3.87. The SMILES string of the molecule is Cc1ccc(S(=O)(=O)N=C(Nc2ccc(I)cc2)c2ccc(Cl)cc2)cc1. The third kappa shape index (κ3) is 5.31. The van der Waals surface area contributed by atoms with Crippen molar-refractivity contribution in [2.75, 3.05) is 5.32 Å². The fourth-order valence-electron chi connectivity index (χ4n) is 2.31. The second-order valence-corrected chi connectivity index (χ2v) is 9.15. The fraction of sp³-hybridized carbons (Fsp3) is 0.0500. The predicted molar refractivity (Wildman–Crippen MR) is 119 cm³/mol. The molecule has 1 N–H and O–H groups in total. The van der Waals surface area contributed by atoms with Crippen LogP contribution in [0.25, 0.3) is 0 Å². The van der Waals surface area contributed by atoms with E-state index in [4.69, 9.17) is 11.6 Å². The first kappa shape index (κ1) is 19.9. The van der Waals surface area contributed by atoms with Gasteiger partial charge in [0, 0.05) is 19.8 Å². The summed E-state index contributed by atoms with van der Waals surface area (Å²) in [4.78, 5) is 0.143. The summed E-state index contributed by atoms with van der Waals surface area (Å²) in [7, 11) is -3.87. The van der Waals surface area contributed by atoms with Gasteiger partial charge in [0.15, 0.2) is 5.84 Å². The number of benzene rings is 3. The maximum absolute atomic E-state index is 12.8. The molecule has 7 heteroatoms. The minimum Gasteiger partial charge on any atom is -0.339 e. The van der Waals surface area contributed by atoms with Gasteiger partial charge in [0.25, 0.3) is 10.0 Å². The van der Waals surface area contributed by atoms with Crippen LogP contribution >= 0.6 is 34.2 Å². The number of hydrogen-bond donors (Lipinski definition) is 1. The number of halogens is 2. The maximum atomic E-state index is 12.8. The Labute approximate surface area is 177 Å². The van der Waals surface area contributed by atoms with E-state index in [1.807, 2.05) is 31.2 Å². The van der Waals surface area contributed by atoms with E-state index >= 15 is 0 Å².